The van der Waals surface area contributed by atoms with Crippen molar-refractivity contribution in [2.75, 3.05) is 24.7 Å². The van der Waals surface area contributed by atoms with E-state index in [0.717, 1.165) is 87.6 Å². The van der Waals surface area contributed by atoms with E-state index in [1.165, 1.54) is 50.5 Å². The van der Waals surface area contributed by atoms with E-state index >= 15 is 0 Å². The molecule has 6 rings (SSSR count). The number of nitrogens with two attached hydrogens (primary N) is 2. The molecule has 2 aromatic rings. The van der Waals surface area contributed by atoms with Crippen molar-refractivity contribution in [1.29, 1.82) is 0 Å². The Morgan fingerprint density at radius 1 is 0.722 bits per heavy atom. The molecule has 10 nitrogen and oxygen atoms in total. The lowest BCUT2D eigenvalue weighted by Crippen LogP contribution is -2.51. The maximum atomic E-state index is 13.7. The molecule has 4 aliphatic rings. The van der Waals surface area contributed by atoms with Crippen molar-refractivity contribution in [1.82, 2.24) is 0 Å². The Bertz CT molecular complexity index is 2290. The Hall–Kier alpha value is -0.220. The van der Waals surface area contributed by atoms with Crippen LogP contribution in [0.4, 0.5) is 11.4 Å². The number of halogens is 6. The van der Waals surface area contributed by atoms with Crippen LogP contribution in [-0.4, -0.2) is 49.3 Å². The van der Waals surface area contributed by atoms with Crippen LogP contribution >= 0.6 is 136 Å². The molecule has 16 heteroatoms. The lowest BCUT2D eigenvalue weighted by molar-refractivity contribution is -0.167. The van der Waals surface area contributed by atoms with Crippen molar-refractivity contribution in [2.24, 2.45) is 58.2 Å². The fraction of sp³-hybridized carbons (Fsp3) is 0.643. The molecule has 2 aromatic carbocycles. The highest BCUT2D eigenvalue weighted by Crippen LogP contribution is 2.67. The van der Waals surface area contributed by atoms with Gasteiger partial charge >= 0.3 is 23.9 Å². The van der Waals surface area contributed by atoms with Gasteiger partial charge in [-0.15, -0.1) is 0 Å². The first-order valence-corrected chi connectivity index (χ1v) is 32.5. The van der Waals surface area contributed by atoms with E-state index in [1.54, 1.807) is 0 Å². The van der Waals surface area contributed by atoms with Gasteiger partial charge in [0, 0.05) is 40.0 Å². The SMILES string of the molecule is CCC(Cc1c(I)cc(I)c(N)c1I)C(=O)OCC(COC(=O)C(CC)Cc1c(I)cc(I)c(N)c1I)OC(=O)C=CC(=O)O[C@H]1CC[C@@]2(C)C(=CC[C@H]3[C@@H]4CC[C@H]([C@H](C)CCCC(C)C)[C@@]4(C)CC[C@@H]32)C1. The first kappa shape index (κ1) is 61.0. The molecular formula is C56H74I6N2O8. The fourth-order valence-corrected chi connectivity index (χ4v) is 20.6. The molecule has 0 heterocycles. The number of hydrogen-bond donors (Lipinski definition) is 2. The Labute approximate surface area is 510 Å². The quantitative estimate of drug-likeness (QED) is 0.0308. The van der Waals surface area contributed by atoms with Crippen molar-refractivity contribution in [3.8, 4) is 0 Å². The smallest absolute Gasteiger partial charge is 0.331 e. The van der Waals surface area contributed by atoms with Crippen molar-refractivity contribution < 1.29 is 38.1 Å². The number of hydrogen-bond acceptors (Lipinski definition) is 10. The molecule has 3 fully saturated rings. The first-order valence-electron chi connectivity index (χ1n) is 26.0. The van der Waals surface area contributed by atoms with E-state index in [0.29, 0.717) is 60.7 Å². The largest absolute Gasteiger partial charge is 0.461 e. The van der Waals surface area contributed by atoms with Crippen molar-refractivity contribution >= 4 is 171 Å². The molecule has 72 heavy (non-hydrogen) atoms. The molecule has 0 saturated heterocycles. The Morgan fingerprint density at radius 2 is 1.28 bits per heavy atom. The predicted molar refractivity (Wildman–Crippen MR) is 337 cm³/mol. The number of fused-ring (bicyclic) bond motifs is 5. The second-order valence-corrected chi connectivity index (χ2v) is 28.8. The van der Waals surface area contributed by atoms with Gasteiger partial charge < -0.3 is 30.4 Å². The number of ether oxygens (including phenoxy) is 4. The van der Waals surface area contributed by atoms with Gasteiger partial charge in [-0.25, -0.2) is 9.59 Å². The van der Waals surface area contributed by atoms with Crippen LogP contribution in [0.15, 0.2) is 35.9 Å². The van der Waals surface area contributed by atoms with Crippen LogP contribution in [-0.2, 0) is 51.0 Å². The molecule has 398 valence electrons. The van der Waals surface area contributed by atoms with E-state index in [9.17, 15) is 19.2 Å². The van der Waals surface area contributed by atoms with E-state index in [1.807, 2.05) is 26.0 Å². The average Bonchev–Trinajstić information content (AvgIpc) is 3.70. The fourth-order valence-electron chi connectivity index (χ4n) is 13.0. The molecule has 3 saturated carbocycles. The summed E-state index contributed by atoms with van der Waals surface area (Å²) < 4.78 is 29.1. The number of nitrogen functional groups attached to an aromatic ring is 2. The van der Waals surface area contributed by atoms with Gasteiger partial charge in [-0.2, -0.15) is 0 Å². The molecule has 0 bridgehead atoms. The van der Waals surface area contributed by atoms with Crippen LogP contribution in [0, 0.1) is 79.6 Å². The summed E-state index contributed by atoms with van der Waals surface area (Å²) in [5.74, 6) is 1.10. The van der Waals surface area contributed by atoms with Gasteiger partial charge in [-0.3, -0.25) is 9.59 Å². The summed E-state index contributed by atoms with van der Waals surface area (Å²) in [5, 5.41) is 0. The highest BCUT2D eigenvalue weighted by Gasteiger charge is 2.59. The molecule has 10 atom stereocenters. The monoisotopic (exact) mass is 1660 g/mol. The van der Waals surface area contributed by atoms with Crippen molar-refractivity contribution in [2.45, 2.75) is 157 Å². The van der Waals surface area contributed by atoms with Crippen molar-refractivity contribution in [3.63, 3.8) is 0 Å². The Morgan fingerprint density at radius 3 is 1.82 bits per heavy atom. The third kappa shape index (κ3) is 14.5. The second-order valence-electron chi connectivity index (χ2n) is 22.0. The first-order chi connectivity index (χ1) is 34.0. The number of rotatable bonds is 21. The van der Waals surface area contributed by atoms with E-state index in [4.69, 9.17) is 30.4 Å². The molecule has 4 aliphatic carbocycles. The number of carbonyl (C=O) groups is 4. The number of carbonyl (C=O) groups excluding carboxylic acids is 4. The minimum Gasteiger partial charge on any atom is -0.461 e. The Kier molecular flexibility index (Phi) is 23.0. The maximum Gasteiger partial charge on any atom is 0.331 e. The summed E-state index contributed by atoms with van der Waals surface area (Å²) in [5.41, 5.74) is 18.0. The lowest BCUT2D eigenvalue weighted by atomic mass is 9.47. The number of esters is 4. The van der Waals surface area contributed by atoms with Crippen LogP contribution in [0.25, 0.3) is 0 Å². The molecule has 0 spiro atoms. The van der Waals surface area contributed by atoms with E-state index < -0.39 is 41.8 Å². The second kappa shape index (κ2) is 27.1. The topological polar surface area (TPSA) is 157 Å². The van der Waals surface area contributed by atoms with Gasteiger partial charge in [-0.1, -0.05) is 79.4 Å². The molecular weight excluding hydrogens is 1590 g/mol. The number of allylic oxidation sites excluding steroid dienone is 1. The summed E-state index contributed by atoms with van der Waals surface area (Å²) >= 11 is 13.4. The summed E-state index contributed by atoms with van der Waals surface area (Å²) in [6.45, 7) is 15.4. The minimum absolute atomic E-state index is 0.112. The molecule has 0 radical (unpaired) electrons. The average molecular weight is 1660 g/mol. The minimum atomic E-state index is -1.14. The highest BCUT2D eigenvalue weighted by molar-refractivity contribution is 14.1. The zero-order valence-electron chi connectivity index (χ0n) is 42.9. The van der Waals surface area contributed by atoms with Gasteiger partial charge in [0.15, 0.2) is 6.10 Å². The molecule has 0 aliphatic heterocycles. The van der Waals surface area contributed by atoms with Crippen LogP contribution in [0.3, 0.4) is 0 Å². The van der Waals surface area contributed by atoms with Crippen LogP contribution in [0.5, 0.6) is 0 Å². The predicted octanol–water partition coefficient (Wildman–Crippen LogP) is 14.8. The van der Waals surface area contributed by atoms with E-state index in [2.05, 4.69) is 176 Å². The van der Waals surface area contributed by atoms with Gasteiger partial charge in [0.1, 0.15) is 19.3 Å². The highest BCUT2D eigenvalue weighted by atomic mass is 127. The van der Waals surface area contributed by atoms with Crippen LogP contribution in [0.2, 0.25) is 0 Å². The maximum absolute atomic E-state index is 13.7. The van der Waals surface area contributed by atoms with Crippen LogP contribution in [0.1, 0.15) is 143 Å². The Balaban J connectivity index is 1.08. The van der Waals surface area contributed by atoms with E-state index in [-0.39, 0.29) is 24.7 Å². The van der Waals surface area contributed by atoms with Gasteiger partial charge in [0.2, 0.25) is 0 Å². The molecule has 2 unspecified atom stereocenters. The van der Waals surface area contributed by atoms with Crippen molar-refractivity contribution in [3.05, 3.63) is 68.5 Å². The number of anilines is 2. The third-order valence-corrected chi connectivity index (χ3v) is 23.3. The summed E-state index contributed by atoms with van der Waals surface area (Å²) in [7, 11) is 0. The molecule has 0 amide bonds. The summed E-state index contributed by atoms with van der Waals surface area (Å²) in [6.07, 6.45) is 17.9. The zero-order chi connectivity index (χ0) is 52.8. The third-order valence-electron chi connectivity index (χ3n) is 17.2. The summed E-state index contributed by atoms with van der Waals surface area (Å²) in [6, 6.07) is 3.99. The molecule has 4 N–H and O–H groups in total. The van der Waals surface area contributed by atoms with Gasteiger partial charge in [0.05, 0.1) is 23.2 Å². The van der Waals surface area contributed by atoms with Crippen LogP contribution < -0.4 is 11.5 Å². The lowest BCUT2D eigenvalue weighted by Gasteiger charge is -2.58. The van der Waals surface area contributed by atoms with Gasteiger partial charge in [-0.05, 0) is 276 Å². The zero-order valence-corrected chi connectivity index (χ0v) is 55.8. The standard InChI is InChI=1S/C56H74I6N2O8/c1-8-32(23-38-43(57)26-45(59)51(63)49(38)61)53(67)69-28-36(29-70-54(68)33(9-2)24-39-44(58)27-46(60)52(64)50(39)62)72-48(66)18-17-47(65)71-35-19-21-55(6)34(25-35)13-14-37-41-16-15-40(31(5)12-10-11-30(3)4)56(41,7)22-20-42(37)55/h13,17-18,26-27,30-33,35-37,40-42H,8-12,14-16,19-25,28-29,63-64H2,1-7H3/t31-,32?,33?,35+,36?,37+,40-,41+,42+,55+,56-/m1/s1. The summed E-state index contributed by atoms with van der Waals surface area (Å²) in [4.78, 5) is 54.1. The molecule has 0 aromatic heterocycles. The normalized spacial score (nSPS) is 26.4. The van der Waals surface area contributed by atoms with Gasteiger partial charge in [0.25, 0.3) is 0 Å². The number of benzene rings is 2.